The monoisotopic (exact) mass is 479 g/mol. The number of aryl methyl sites for hydroxylation is 1. The molecule has 180 valence electrons. The molecule has 7 nitrogen and oxygen atoms in total. The first-order chi connectivity index (χ1) is 16.8. The quantitative estimate of drug-likeness (QED) is 0.424. The molecule has 0 spiro atoms. The van der Waals surface area contributed by atoms with Gasteiger partial charge in [0.25, 0.3) is 0 Å². The van der Waals surface area contributed by atoms with E-state index < -0.39 is 12.6 Å². The Bertz CT molecular complexity index is 1410. The number of aromatic amines is 1. The average Bonchev–Trinajstić information content (AvgIpc) is 3.25. The first-order valence-electron chi connectivity index (χ1n) is 11.5. The minimum absolute atomic E-state index is 0.0556. The van der Waals surface area contributed by atoms with Gasteiger partial charge in [0.05, 0.1) is 17.5 Å². The highest BCUT2D eigenvalue weighted by Gasteiger charge is 2.29. The largest absolute Gasteiger partial charge is 0.394 e. The van der Waals surface area contributed by atoms with Crippen molar-refractivity contribution in [2.24, 2.45) is 0 Å². The van der Waals surface area contributed by atoms with Gasteiger partial charge in [0.2, 0.25) is 0 Å². The van der Waals surface area contributed by atoms with E-state index in [0.717, 1.165) is 43.4 Å². The summed E-state index contributed by atoms with van der Waals surface area (Å²) in [5, 5.41) is 14.3. The van der Waals surface area contributed by atoms with Gasteiger partial charge >= 0.3 is 6.18 Å². The number of alkyl halides is 3. The van der Waals surface area contributed by atoms with E-state index in [1.54, 1.807) is 6.07 Å². The molecular weight excluding hydrogens is 455 g/mol. The Morgan fingerprint density at radius 2 is 1.94 bits per heavy atom. The SMILES string of the molecule is Cc1c(CN2CCC(Nc3ncnc4nc(CC(F)(F)F)ccc34)CC2)ccc2[nH]c(C#N)cc12. The summed E-state index contributed by atoms with van der Waals surface area (Å²) in [4.78, 5) is 18.0. The Balaban J connectivity index is 1.23. The zero-order valence-electron chi connectivity index (χ0n) is 19.2. The van der Waals surface area contributed by atoms with Crippen LogP contribution in [0.1, 0.15) is 35.4 Å². The molecular formula is C25H24F3N7. The second-order valence-corrected chi connectivity index (χ2v) is 8.99. The maximum Gasteiger partial charge on any atom is 0.394 e. The lowest BCUT2D eigenvalue weighted by molar-refractivity contribution is -0.127. The number of hydrogen-bond donors (Lipinski definition) is 2. The molecule has 35 heavy (non-hydrogen) atoms. The van der Waals surface area contributed by atoms with Crippen molar-refractivity contribution in [3.05, 3.63) is 59.2 Å². The number of aromatic nitrogens is 4. The molecule has 1 fully saturated rings. The molecule has 1 aliphatic heterocycles. The third-order valence-corrected chi connectivity index (χ3v) is 6.56. The van der Waals surface area contributed by atoms with Crippen molar-refractivity contribution < 1.29 is 13.2 Å². The lowest BCUT2D eigenvalue weighted by atomic mass is 10.0. The summed E-state index contributed by atoms with van der Waals surface area (Å²) in [6.07, 6.45) is -2.23. The summed E-state index contributed by atoms with van der Waals surface area (Å²) >= 11 is 0. The fraction of sp³-hybridized carbons (Fsp3) is 0.360. The van der Waals surface area contributed by atoms with Crippen LogP contribution in [0.5, 0.6) is 0 Å². The molecule has 4 heterocycles. The molecule has 0 radical (unpaired) electrons. The van der Waals surface area contributed by atoms with Gasteiger partial charge in [-0.25, -0.2) is 15.0 Å². The van der Waals surface area contributed by atoms with E-state index in [9.17, 15) is 13.2 Å². The van der Waals surface area contributed by atoms with Crippen molar-refractivity contribution in [2.75, 3.05) is 18.4 Å². The molecule has 10 heteroatoms. The highest BCUT2D eigenvalue weighted by atomic mass is 19.4. The smallest absolute Gasteiger partial charge is 0.367 e. The summed E-state index contributed by atoms with van der Waals surface area (Å²) in [6, 6.07) is 11.4. The molecule has 0 aliphatic carbocycles. The van der Waals surface area contributed by atoms with Crippen molar-refractivity contribution in [3.8, 4) is 6.07 Å². The Hall–Kier alpha value is -3.71. The van der Waals surface area contributed by atoms with Crippen LogP contribution in [0.3, 0.4) is 0 Å². The second-order valence-electron chi connectivity index (χ2n) is 8.99. The molecule has 0 bridgehead atoms. The van der Waals surface area contributed by atoms with Crippen LogP contribution in [0.2, 0.25) is 0 Å². The van der Waals surface area contributed by atoms with Crippen LogP contribution in [0.4, 0.5) is 19.0 Å². The zero-order valence-corrected chi connectivity index (χ0v) is 19.2. The summed E-state index contributed by atoms with van der Waals surface area (Å²) in [5.74, 6) is 0.599. The number of likely N-dealkylation sites (tertiary alicyclic amines) is 1. The van der Waals surface area contributed by atoms with E-state index in [1.165, 1.54) is 23.5 Å². The summed E-state index contributed by atoms with van der Waals surface area (Å²) in [5.41, 5.74) is 4.18. The van der Waals surface area contributed by atoms with E-state index in [2.05, 4.69) is 49.2 Å². The maximum absolute atomic E-state index is 12.7. The van der Waals surface area contributed by atoms with Gasteiger partial charge in [0.1, 0.15) is 23.9 Å². The molecule has 0 amide bonds. The highest BCUT2D eigenvalue weighted by molar-refractivity contribution is 5.86. The molecule has 3 aromatic heterocycles. The van der Waals surface area contributed by atoms with Crippen molar-refractivity contribution in [1.29, 1.82) is 5.26 Å². The summed E-state index contributed by atoms with van der Waals surface area (Å²) < 4.78 is 38.1. The van der Waals surface area contributed by atoms with Gasteiger partial charge in [-0.3, -0.25) is 4.90 Å². The van der Waals surface area contributed by atoms with Crippen LogP contribution >= 0.6 is 0 Å². The molecule has 2 N–H and O–H groups in total. The molecule has 0 unspecified atom stereocenters. The van der Waals surface area contributed by atoms with Crippen LogP contribution in [0.15, 0.2) is 36.7 Å². The molecule has 4 aromatic rings. The van der Waals surface area contributed by atoms with Gasteiger partial charge in [-0.05, 0) is 55.2 Å². The molecule has 0 atom stereocenters. The number of piperidine rings is 1. The van der Waals surface area contributed by atoms with Gasteiger partial charge in [-0.1, -0.05) is 6.07 Å². The van der Waals surface area contributed by atoms with Gasteiger partial charge in [-0.2, -0.15) is 18.4 Å². The maximum atomic E-state index is 12.7. The van der Waals surface area contributed by atoms with Crippen LogP contribution in [-0.4, -0.2) is 50.1 Å². The van der Waals surface area contributed by atoms with Crippen molar-refractivity contribution >= 4 is 27.8 Å². The predicted molar refractivity (Wildman–Crippen MR) is 127 cm³/mol. The number of nitrogens with one attached hydrogen (secondary N) is 2. The number of nitriles is 1. The zero-order chi connectivity index (χ0) is 24.6. The Kier molecular flexibility index (Phi) is 6.03. The number of pyridine rings is 1. The van der Waals surface area contributed by atoms with E-state index in [-0.39, 0.29) is 17.4 Å². The summed E-state index contributed by atoms with van der Waals surface area (Å²) in [7, 11) is 0. The standard InChI is InChI=1S/C25H24F3N7/c1-15-16(2-5-22-21(15)10-19(12-29)32-22)13-35-8-6-17(7-9-35)33-23-20-4-3-18(11-25(26,27)28)34-24(20)31-14-30-23/h2-5,10,14,17,32H,6-9,11,13H2,1H3,(H,30,31,33,34). The van der Waals surface area contributed by atoms with E-state index in [4.69, 9.17) is 5.26 Å². The third kappa shape index (κ3) is 5.05. The second kappa shape index (κ2) is 9.15. The Morgan fingerprint density at radius 1 is 1.14 bits per heavy atom. The molecule has 1 saturated heterocycles. The van der Waals surface area contributed by atoms with Crippen LogP contribution in [-0.2, 0) is 13.0 Å². The average molecular weight is 480 g/mol. The number of halogens is 3. The van der Waals surface area contributed by atoms with E-state index >= 15 is 0 Å². The van der Waals surface area contributed by atoms with Crippen LogP contribution in [0, 0.1) is 18.3 Å². The van der Waals surface area contributed by atoms with Gasteiger partial charge in [0.15, 0.2) is 5.65 Å². The minimum atomic E-state index is -4.31. The Labute approximate surface area is 200 Å². The van der Waals surface area contributed by atoms with Gasteiger partial charge in [0, 0.05) is 36.6 Å². The van der Waals surface area contributed by atoms with Gasteiger partial charge in [-0.15, -0.1) is 0 Å². The molecule has 1 aromatic carbocycles. The third-order valence-electron chi connectivity index (χ3n) is 6.56. The first kappa shape index (κ1) is 23.1. The fourth-order valence-electron chi connectivity index (χ4n) is 4.70. The minimum Gasteiger partial charge on any atom is -0.367 e. The number of benzene rings is 1. The lowest BCUT2D eigenvalue weighted by Gasteiger charge is -2.33. The summed E-state index contributed by atoms with van der Waals surface area (Å²) in [6.45, 7) is 4.74. The number of fused-ring (bicyclic) bond motifs is 2. The molecule has 1 aliphatic rings. The molecule has 5 rings (SSSR count). The van der Waals surface area contributed by atoms with Crippen LogP contribution < -0.4 is 5.32 Å². The van der Waals surface area contributed by atoms with Gasteiger partial charge < -0.3 is 10.3 Å². The predicted octanol–water partition coefficient (Wildman–Crippen LogP) is 4.87. The first-order valence-corrected chi connectivity index (χ1v) is 11.5. The fourth-order valence-corrected chi connectivity index (χ4v) is 4.70. The number of rotatable bonds is 5. The molecule has 0 saturated carbocycles. The number of hydrogen-bond acceptors (Lipinski definition) is 6. The topological polar surface area (TPSA) is 93.5 Å². The number of H-pyrrole nitrogens is 1. The van der Waals surface area contributed by atoms with Crippen molar-refractivity contribution in [2.45, 2.75) is 44.9 Å². The lowest BCUT2D eigenvalue weighted by Crippen LogP contribution is -2.39. The van der Waals surface area contributed by atoms with Crippen molar-refractivity contribution in [1.82, 2.24) is 24.8 Å². The Morgan fingerprint density at radius 3 is 2.69 bits per heavy atom. The van der Waals surface area contributed by atoms with E-state index in [1.807, 2.05) is 12.1 Å². The highest BCUT2D eigenvalue weighted by Crippen LogP contribution is 2.27. The normalized spacial score (nSPS) is 15.5. The van der Waals surface area contributed by atoms with E-state index in [0.29, 0.717) is 16.9 Å². The number of nitrogens with zero attached hydrogens (tertiary/aromatic N) is 5. The van der Waals surface area contributed by atoms with Crippen molar-refractivity contribution in [3.63, 3.8) is 0 Å². The van der Waals surface area contributed by atoms with Crippen LogP contribution in [0.25, 0.3) is 21.9 Å². The number of anilines is 1.